The summed E-state index contributed by atoms with van der Waals surface area (Å²) in [6.45, 7) is 1.93. The molecule has 0 radical (unpaired) electrons. The van der Waals surface area contributed by atoms with Crippen molar-refractivity contribution < 1.29 is 9.53 Å². The molecule has 26 heavy (non-hydrogen) atoms. The molecule has 0 fully saturated rings. The molecule has 5 heteroatoms. The van der Waals surface area contributed by atoms with Gasteiger partial charge in [0.15, 0.2) is 0 Å². The number of aryl methyl sites for hydroxylation is 2. The quantitative estimate of drug-likeness (QED) is 0.811. The zero-order valence-corrected chi connectivity index (χ0v) is 15.4. The van der Waals surface area contributed by atoms with Crippen LogP contribution in [-0.2, 0) is 19.3 Å². The standard InChI is InChI=1S/C21H26N2O3/c1-14(12-16-9-6-7-11-19(16)26-2)22-20(24)17-13-15-8-4-3-5-10-18(15)23-21(17)25/h6-7,9,11,13-14H,3-5,8,10,12H2,1-2H3,(H,22,24)(H,23,25)/t14-/m0/s1. The van der Waals surface area contributed by atoms with E-state index in [0.717, 1.165) is 54.7 Å². The molecule has 1 atom stereocenters. The average Bonchev–Trinajstić information content (AvgIpc) is 2.86. The van der Waals surface area contributed by atoms with Gasteiger partial charge >= 0.3 is 0 Å². The number of carbonyl (C=O) groups is 1. The minimum Gasteiger partial charge on any atom is -0.496 e. The van der Waals surface area contributed by atoms with Gasteiger partial charge in [-0.05, 0) is 62.3 Å². The molecule has 1 aromatic carbocycles. The van der Waals surface area contributed by atoms with Gasteiger partial charge in [0.25, 0.3) is 11.5 Å². The molecule has 0 unspecified atom stereocenters. The highest BCUT2D eigenvalue weighted by molar-refractivity contribution is 5.94. The van der Waals surface area contributed by atoms with Crippen LogP contribution in [0.5, 0.6) is 5.75 Å². The third-order valence-electron chi connectivity index (χ3n) is 4.93. The summed E-state index contributed by atoms with van der Waals surface area (Å²) in [7, 11) is 1.64. The topological polar surface area (TPSA) is 71.2 Å². The Morgan fingerprint density at radius 1 is 1.23 bits per heavy atom. The highest BCUT2D eigenvalue weighted by atomic mass is 16.5. The van der Waals surface area contributed by atoms with Gasteiger partial charge in [-0.1, -0.05) is 24.6 Å². The highest BCUT2D eigenvalue weighted by Gasteiger charge is 2.18. The molecule has 1 heterocycles. The van der Waals surface area contributed by atoms with E-state index in [1.807, 2.05) is 31.2 Å². The van der Waals surface area contributed by atoms with E-state index in [-0.39, 0.29) is 23.1 Å². The number of methoxy groups -OCH3 is 1. The fraction of sp³-hybridized carbons (Fsp3) is 0.429. The number of ether oxygens (including phenoxy) is 1. The number of rotatable bonds is 5. The molecule has 0 spiro atoms. The molecule has 3 rings (SSSR count). The van der Waals surface area contributed by atoms with Gasteiger partial charge in [-0.3, -0.25) is 9.59 Å². The Labute approximate surface area is 153 Å². The molecule has 5 nitrogen and oxygen atoms in total. The highest BCUT2D eigenvalue weighted by Crippen LogP contribution is 2.20. The predicted octanol–water partition coefficient (Wildman–Crippen LogP) is 3.01. The number of pyridine rings is 1. The maximum absolute atomic E-state index is 12.6. The van der Waals surface area contributed by atoms with Crippen LogP contribution in [0.1, 0.15) is 53.4 Å². The van der Waals surface area contributed by atoms with Gasteiger partial charge in [-0.2, -0.15) is 0 Å². The first kappa shape index (κ1) is 18.2. The second kappa shape index (κ2) is 8.21. The number of hydrogen-bond donors (Lipinski definition) is 2. The Kier molecular flexibility index (Phi) is 5.76. The molecule has 2 N–H and O–H groups in total. The van der Waals surface area contributed by atoms with Crippen molar-refractivity contribution in [3.63, 3.8) is 0 Å². The van der Waals surface area contributed by atoms with Crippen LogP contribution < -0.4 is 15.6 Å². The average molecular weight is 354 g/mol. The molecule has 0 saturated carbocycles. The SMILES string of the molecule is COc1ccccc1C[C@H](C)NC(=O)c1cc2c([nH]c1=O)CCCCC2. The van der Waals surface area contributed by atoms with Crippen LogP contribution in [0.15, 0.2) is 35.1 Å². The zero-order chi connectivity index (χ0) is 18.5. The lowest BCUT2D eigenvalue weighted by molar-refractivity contribution is 0.0938. The number of nitrogens with one attached hydrogen (secondary N) is 2. The van der Waals surface area contributed by atoms with Crippen LogP contribution in [0.3, 0.4) is 0 Å². The second-order valence-electron chi connectivity index (χ2n) is 6.97. The van der Waals surface area contributed by atoms with Gasteiger partial charge in [0, 0.05) is 11.7 Å². The number of carbonyl (C=O) groups excluding carboxylic acids is 1. The van der Waals surface area contributed by atoms with Crippen molar-refractivity contribution >= 4 is 5.91 Å². The number of benzene rings is 1. The summed E-state index contributed by atoms with van der Waals surface area (Å²) in [5.74, 6) is 0.483. The van der Waals surface area contributed by atoms with Gasteiger partial charge in [-0.25, -0.2) is 0 Å². The van der Waals surface area contributed by atoms with E-state index >= 15 is 0 Å². The molecular weight excluding hydrogens is 328 g/mol. The van der Waals surface area contributed by atoms with E-state index in [9.17, 15) is 9.59 Å². The van der Waals surface area contributed by atoms with Crippen molar-refractivity contribution in [3.05, 3.63) is 63.1 Å². The van der Waals surface area contributed by atoms with Crippen LogP contribution in [0, 0.1) is 0 Å². The Bertz CT molecular complexity index is 841. The number of aromatic nitrogens is 1. The molecule has 1 aliphatic carbocycles. The van der Waals surface area contributed by atoms with Crippen LogP contribution in [-0.4, -0.2) is 24.0 Å². The minimum absolute atomic E-state index is 0.114. The van der Waals surface area contributed by atoms with Crippen molar-refractivity contribution in [1.82, 2.24) is 10.3 Å². The Morgan fingerprint density at radius 2 is 2.00 bits per heavy atom. The van der Waals surface area contributed by atoms with Crippen molar-refractivity contribution in [2.45, 2.75) is 51.5 Å². The van der Waals surface area contributed by atoms with E-state index < -0.39 is 0 Å². The summed E-state index contributed by atoms with van der Waals surface area (Å²) in [5.41, 5.74) is 3.03. The van der Waals surface area contributed by atoms with Gasteiger partial charge in [0.1, 0.15) is 11.3 Å². The molecule has 0 aliphatic heterocycles. The molecule has 1 aliphatic rings. The molecule has 138 valence electrons. The lowest BCUT2D eigenvalue weighted by Gasteiger charge is -2.16. The first-order valence-electron chi connectivity index (χ1n) is 9.26. The van der Waals surface area contributed by atoms with Crippen LogP contribution >= 0.6 is 0 Å². The summed E-state index contributed by atoms with van der Waals surface area (Å²) in [6.07, 6.45) is 5.79. The second-order valence-corrected chi connectivity index (χ2v) is 6.97. The molecule has 0 bridgehead atoms. The number of hydrogen-bond acceptors (Lipinski definition) is 3. The summed E-state index contributed by atoms with van der Waals surface area (Å²) < 4.78 is 5.36. The predicted molar refractivity (Wildman–Crippen MR) is 102 cm³/mol. The molecule has 2 aromatic rings. The van der Waals surface area contributed by atoms with Crippen molar-refractivity contribution in [2.75, 3.05) is 7.11 Å². The lowest BCUT2D eigenvalue weighted by atomic mass is 10.0. The molecule has 1 amide bonds. The number of fused-ring (bicyclic) bond motifs is 1. The van der Waals surface area contributed by atoms with Gasteiger partial charge in [0.2, 0.25) is 0 Å². The number of aromatic amines is 1. The Hall–Kier alpha value is -2.56. The normalized spacial score (nSPS) is 14.8. The van der Waals surface area contributed by atoms with Crippen LogP contribution in [0.4, 0.5) is 0 Å². The first-order valence-corrected chi connectivity index (χ1v) is 9.26. The molecular formula is C21H26N2O3. The fourth-order valence-corrected chi connectivity index (χ4v) is 3.57. The van der Waals surface area contributed by atoms with Gasteiger partial charge in [-0.15, -0.1) is 0 Å². The smallest absolute Gasteiger partial charge is 0.261 e. The van der Waals surface area contributed by atoms with E-state index in [2.05, 4.69) is 10.3 Å². The molecule has 0 saturated heterocycles. The zero-order valence-electron chi connectivity index (χ0n) is 15.4. The molecule has 1 aromatic heterocycles. The third kappa shape index (κ3) is 4.15. The summed E-state index contributed by atoms with van der Waals surface area (Å²) in [4.78, 5) is 27.9. The first-order chi connectivity index (χ1) is 12.6. The van der Waals surface area contributed by atoms with Gasteiger partial charge < -0.3 is 15.0 Å². The maximum atomic E-state index is 12.6. The number of para-hydroxylation sites is 1. The van der Waals surface area contributed by atoms with Crippen LogP contribution in [0.25, 0.3) is 0 Å². The van der Waals surface area contributed by atoms with E-state index in [1.165, 1.54) is 0 Å². The van der Waals surface area contributed by atoms with E-state index in [4.69, 9.17) is 4.74 Å². The van der Waals surface area contributed by atoms with E-state index in [0.29, 0.717) is 6.42 Å². The van der Waals surface area contributed by atoms with Crippen LogP contribution in [0.2, 0.25) is 0 Å². The Balaban J connectivity index is 1.73. The summed E-state index contributed by atoms with van der Waals surface area (Å²) in [5, 5.41) is 2.94. The number of H-pyrrole nitrogens is 1. The fourth-order valence-electron chi connectivity index (χ4n) is 3.57. The Morgan fingerprint density at radius 3 is 2.81 bits per heavy atom. The minimum atomic E-state index is -0.319. The van der Waals surface area contributed by atoms with E-state index in [1.54, 1.807) is 13.2 Å². The van der Waals surface area contributed by atoms with Crippen molar-refractivity contribution in [1.29, 1.82) is 0 Å². The summed E-state index contributed by atoms with van der Waals surface area (Å²) in [6, 6.07) is 9.42. The third-order valence-corrected chi connectivity index (χ3v) is 4.93. The monoisotopic (exact) mass is 354 g/mol. The maximum Gasteiger partial charge on any atom is 0.261 e. The number of amides is 1. The van der Waals surface area contributed by atoms with Gasteiger partial charge in [0.05, 0.1) is 7.11 Å². The van der Waals surface area contributed by atoms with Crippen molar-refractivity contribution in [3.8, 4) is 5.75 Å². The largest absolute Gasteiger partial charge is 0.496 e. The lowest BCUT2D eigenvalue weighted by Crippen LogP contribution is -2.37. The summed E-state index contributed by atoms with van der Waals surface area (Å²) >= 11 is 0. The van der Waals surface area contributed by atoms with Crippen molar-refractivity contribution in [2.24, 2.45) is 0 Å².